The number of oxazole rings is 1. The van der Waals surface area contributed by atoms with E-state index in [0.29, 0.717) is 29.1 Å². The van der Waals surface area contributed by atoms with Gasteiger partial charge in [-0.3, -0.25) is 0 Å². The molecule has 0 spiro atoms. The van der Waals surface area contributed by atoms with Crippen LogP contribution in [0.4, 0.5) is 13.6 Å². The first-order chi connectivity index (χ1) is 16.9. The second-order valence-electron chi connectivity index (χ2n) is 11.3. The minimum Gasteiger partial charge on any atom is -0.438 e. The lowest BCUT2D eigenvalue weighted by Crippen LogP contribution is -2.61. The van der Waals surface area contributed by atoms with Crippen LogP contribution in [0, 0.1) is 29.4 Å². The van der Waals surface area contributed by atoms with Gasteiger partial charge < -0.3 is 14.6 Å². The third-order valence-corrected chi connectivity index (χ3v) is 8.87. The predicted octanol–water partition coefficient (Wildman–Crippen LogP) is 6.59. The fraction of sp³-hybridized carbons (Fsp3) is 0.500. The van der Waals surface area contributed by atoms with Gasteiger partial charge in [-0.25, -0.2) is 18.6 Å². The highest BCUT2D eigenvalue weighted by Crippen LogP contribution is 2.55. The van der Waals surface area contributed by atoms with Crippen LogP contribution in [0.25, 0.3) is 22.2 Å². The number of urea groups is 1. The fourth-order valence-corrected chi connectivity index (χ4v) is 7.77. The Kier molecular flexibility index (Phi) is 4.74. The first kappa shape index (κ1) is 21.3. The Bertz CT molecular complexity index is 1280. The second kappa shape index (κ2) is 7.77. The molecule has 2 aromatic carbocycles. The van der Waals surface area contributed by atoms with Crippen LogP contribution in [0.1, 0.15) is 63.3 Å². The molecule has 4 aliphatic carbocycles. The molecule has 1 N–H and O–H groups in total. The molecule has 5 nitrogen and oxygen atoms in total. The molecular formula is C28H29F2N3O2. The molecular weight excluding hydrogens is 448 g/mol. The zero-order valence-electron chi connectivity index (χ0n) is 19.6. The Balaban J connectivity index is 1.13. The summed E-state index contributed by atoms with van der Waals surface area (Å²) < 4.78 is 33.2. The van der Waals surface area contributed by atoms with Crippen molar-refractivity contribution < 1.29 is 18.0 Å². The van der Waals surface area contributed by atoms with Crippen LogP contribution < -0.4 is 5.32 Å². The summed E-state index contributed by atoms with van der Waals surface area (Å²) in [5, 5.41) is 3.49. The Hall–Kier alpha value is -2.96. The molecule has 1 aliphatic heterocycles. The maximum atomic E-state index is 13.7. The highest BCUT2D eigenvalue weighted by molar-refractivity contribution is 5.81. The van der Waals surface area contributed by atoms with Crippen LogP contribution in [0.5, 0.6) is 0 Å². The number of aromatic nitrogens is 1. The average molecular weight is 478 g/mol. The topological polar surface area (TPSA) is 58.4 Å². The van der Waals surface area contributed by atoms with Gasteiger partial charge in [-0.1, -0.05) is 12.1 Å². The number of likely N-dealkylation sites (tertiary alicyclic amines) is 1. The fourth-order valence-electron chi connectivity index (χ4n) is 7.77. The zero-order valence-corrected chi connectivity index (χ0v) is 19.6. The number of nitrogens with zero attached hydrogens (tertiary/aromatic N) is 2. The van der Waals surface area contributed by atoms with E-state index in [-0.39, 0.29) is 17.6 Å². The number of amides is 2. The molecule has 182 valence electrons. The van der Waals surface area contributed by atoms with Crippen LogP contribution in [-0.2, 0) is 0 Å². The molecule has 8 rings (SSSR count). The van der Waals surface area contributed by atoms with Crippen molar-refractivity contribution in [1.29, 1.82) is 0 Å². The van der Waals surface area contributed by atoms with Gasteiger partial charge in [0.25, 0.3) is 0 Å². The molecule has 2 heterocycles. The molecule has 0 radical (unpaired) electrons. The van der Waals surface area contributed by atoms with Gasteiger partial charge in [0.1, 0.15) is 11.6 Å². The van der Waals surface area contributed by atoms with Crippen LogP contribution in [0.2, 0.25) is 0 Å². The Morgan fingerprint density at radius 3 is 2.37 bits per heavy atom. The maximum absolute atomic E-state index is 13.7. The molecule has 1 saturated heterocycles. The van der Waals surface area contributed by atoms with E-state index in [1.165, 1.54) is 25.3 Å². The van der Waals surface area contributed by atoms with Crippen LogP contribution in [0.15, 0.2) is 40.8 Å². The van der Waals surface area contributed by atoms with Gasteiger partial charge in [0, 0.05) is 12.1 Å². The summed E-state index contributed by atoms with van der Waals surface area (Å²) in [7, 11) is 0. The van der Waals surface area contributed by atoms with Gasteiger partial charge in [-0.2, -0.15) is 0 Å². The molecule has 2 amide bonds. The van der Waals surface area contributed by atoms with Crippen molar-refractivity contribution in [3.05, 3.63) is 53.9 Å². The summed E-state index contributed by atoms with van der Waals surface area (Å²) in [4.78, 5) is 20.1. The van der Waals surface area contributed by atoms with E-state index in [2.05, 4.69) is 5.32 Å². The van der Waals surface area contributed by atoms with Gasteiger partial charge in [0.05, 0.1) is 0 Å². The lowest BCUT2D eigenvalue weighted by molar-refractivity contribution is -0.0160. The summed E-state index contributed by atoms with van der Waals surface area (Å²) in [6.07, 6.45) is 9.14. The number of nitrogens with one attached hydrogen (secondary N) is 1. The van der Waals surface area contributed by atoms with Gasteiger partial charge in [-0.15, -0.1) is 0 Å². The molecule has 4 saturated carbocycles. The minimum atomic E-state index is -0.880. The van der Waals surface area contributed by atoms with Crippen LogP contribution >= 0.6 is 0 Å². The molecule has 1 aromatic heterocycles. The largest absolute Gasteiger partial charge is 0.438 e. The van der Waals surface area contributed by atoms with Gasteiger partial charge >= 0.3 is 6.03 Å². The summed E-state index contributed by atoms with van der Waals surface area (Å²) in [6.45, 7) is 0.696. The number of hydrogen-bond acceptors (Lipinski definition) is 3. The predicted molar refractivity (Wildman–Crippen MR) is 127 cm³/mol. The number of rotatable bonds is 3. The second-order valence-corrected chi connectivity index (χ2v) is 11.3. The number of hydrogen-bond donors (Lipinski definition) is 1. The quantitative estimate of drug-likeness (QED) is 0.463. The normalized spacial score (nSPS) is 31.4. The molecule has 4 bridgehead atoms. The number of benzene rings is 2. The summed E-state index contributed by atoms with van der Waals surface area (Å²) in [6, 6.07) is 9.13. The van der Waals surface area contributed by atoms with E-state index in [1.54, 1.807) is 12.1 Å². The smallest absolute Gasteiger partial charge is 0.318 e. The summed E-state index contributed by atoms with van der Waals surface area (Å²) in [5.74, 6) is 1.12. The van der Waals surface area contributed by atoms with Crippen LogP contribution in [-0.4, -0.2) is 28.0 Å². The molecule has 5 aliphatic rings. The molecule has 1 atom stereocenters. The lowest BCUT2D eigenvalue weighted by Gasteiger charge is -2.57. The first-order valence-corrected chi connectivity index (χ1v) is 12.9. The number of carbonyl (C=O) groups is 1. The van der Waals surface area contributed by atoms with Gasteiger partial charge in [0.15, 0.2) is 17.2 Å². The van der Waals surface area contributed by atoms with Gasteiger partial charge in [-0.05, 0) is 105 Å². The Labute approximate surface area is 202 Å². The number of halogens is 2. The molecule has 3 aromatic rings. The highest BCUT2D eigenvalue weighted by atomic mass is 19.2. The van der Waals surface area contributed by atoms with Crippen molar-refractivity contribution in [3.63, 3.8) is 0 Å². The van der Waals surface area contributed by atoms with E-state index in [9.17, 15) is 13.6 Å². The monoisotopic (exact) mass is 477 g/mol. The van der Waals surface area contributed by atoms with Crippen LogP contribution in [0.3, 0.4) is 0 Å². The third-order valence-electron chi connectivity index (χ3n) is 8.87. The highest BCUT2D eigenvalue weighted by Gasteiger charge is 2.52. The Morgan fingerprint density at radius 2 is 1.66 bits per heavy atom. The third kappa shape index (κ3) is 3.62. The maximum Gasteiger partial charge on any atom is 0.318 e. The van der Waals surface area contributed by atoms with Crippen molar-refractivity contribution in [2.24, 2.45) is 17.8 Å². The standard InChI is InChI=1S/C28H29F2N3O2/c29-21-5-3-19(11-22(21)30)20-4-6-25-23(12-20)31-26(35-25)24-2-1-7-33(24)27(34)32-28-13-16-8-17(14-28)10-18(9-16)15-28/h3-6,11-12,16-18,24H,1-2,7-10,13-15H2,(H,32,34)/t16?,17?,18?,24-,28?/m0/s1. The summed E-state index contributed by atoms with van der Waals surface area (Å²) >= 11 is 0. The van der Waals surface area contributed by atoms with E-state index in [4.69, 9.17) is 9.40 Å². The molecule has 0 unspecified atom stereocenters. The molecule has 5 fully saturated rings. The lowest BCUT2D eigenvalue weighted by atomic mass is 9.53. The van der Waals surface area contributed by atoms with Crippen molar-refractivity contribution in [2.45, 2.75) is 62.9 Å². The van der Waals surface area contributed by atoms with Crippen molar-refractivity contribution in [3.8, 4) is 11.1 Å². The van der Waals surface area contributed by atoms with E-state index in [1.807, 2.05) is 17.0 Å². The SMILES string of the molecule is O=C(NC12CC3CC(CC(C3)C1)C2)N1CCC[C@H]1c1nc2cc(-c3ccc(F)c(F)c3)ccc2o1. The molecule has 35 heavy (non-hydrogen) atoms. The van der Waals surface area contributed by atoms with Crippen molar-refractivity contribution in [1.82, 2.24) is 15.2 Å². The van der Waals surface area contributed by atoms with Crippen molar-refractivity contribution >= 4 is 17.1 Å². The number of carbonyl (C=O) groups excluding carboxylic acids is 1. The molecule has 7 heteroatoms. The van der Waals surface area contributed by atoms with E-state index >= 15 is 0 Å². The minimum absolute atomic E-state index is 0.0131. The van der Waals surface area contributed by atoms with Crippen molar-refractivity contribution in [2.75, 3.05) is 6.54 Å². The Morgan fingerprint density at radius 1 is 0.971 bits per heavy atom. The summed E-state index contributed by atoms with van der Waals surface area (Å²) in [5.41, 5.74) is 2.56. The van der Waals surface area contributed by atoms with E-state index < -0.39 is 11.6 Å². The zero-order chi connectivity index (χ0) is 23.7. The average Bonchev–Trinajstić information content (AvgIpc) is 3.46. The number of fused-ring (bicyclic) bond motifs is 1. The van der Waals surface area contributed by atoms with E-state index in [0.717, 1.165) is 61.5 Å². The van der Waals surface area contributed by atoms with Gasteiger partial charge in [0.2, 0.25) is 5.89 Å². The first-order valence-electron chi connectivity index (χ1n) is 12.9.